The molecular formula is C22H24N2O2. The molecule has 1 aromatic heterocycles. The largest absolute Gasteiger partial charge is 0.462 e. The van der Waals surface area contributed by atoms with Crippen LogP contribution in [0.25, 0.3) is 10.9 Å². The van der Waals surface area contributed by atoms with E-state index in [0.29, 0.717) is 12.2 Å². The van der Waals surface area contributed by atoms with Crippen LogP contribution in [0.3, 0.4) is 0 Å². The zero-order valence-electron chi connectivity index (χ0n) is 15.5. The van der Waals surface area contributed by atoms with Crippen LogP contribution in [0, 0.1) is 0 Å². The van der Waals surface area contributed by atoms with E-state index < -0.39 is 0 Å². The summed E-state index contributed by atoms with van der Waals surface area (Å²) in [5.41, 5.74) is 5.47. The average molecular weight is 348 g/mol. The Morgan fingerprint density at radius 2 is 1.73 bits per heavy atom. The summed E-state index contributed by atoms with van der Waals surface area (Å²) in [6.45, 7) is 6.36. The molecule has 0 fully saturated rings. The summed E-state index contributed by atoms with van der Waals surface area (Å²) in [5, 5.41) is 4.42. The van der Waals surface area contributed by atoms with Crippen LogP contribution >= 0.6 is 0 Å². The summed E-state index contributed by atoms with van der Waals surface area (Å²) < 4.78 is 5.25. The van der Waals surface area contributed by atoms with E-state index in [4.69, 9.17) is 4.74 Å². The molecule has 0 aliphatic rings. The Balaban J connectivity index is 2.21. The number of para-hydroxylation sites is 2. The van der Waals surface area contributed by atoms with Gasteiger partial charge in [0.25, 0.3) is 0 Å². The topological polar surface area (TPSA) is 51.2 Å². The lowest BCUT2D eigenvalue weighted by atomic mass is 10.0. The summed E-state index contributed by atoms with van der Waals surface area (Å²) >= 11 is 0. The third-order valence-electron chi connectivity index (χ3n) is 4.52. The van der Waals surface area contributed by atoms with Crippen molar-refractivity contribution in [3.8, 4) is 0 Å². The van der Waals surface area contributed by atoms with Crippen molar-refractivity contribution in [3.05, 3.63) is 65.4 Å². The summed E-state index contributed by atoms with van der Waals surface area (Å²) in [5.74, 6) is -0.361. The fraction of sp³-hybridized carbons (Fsp3) is 0.273. The Morgan fingerprint density at radius 3 is 2.46 bits per heavy atom. The number of nitrogens with zero attached hydrogens (tertiary/aromatic N) is 1. The maximum atomic E-state index is 12.5. The third-order valence-corrected chi connectivity index (χ3v) is 4.52. The predicted molar refractivity (Wildman–Crippen MR) is 106 cm³/mol. The van der Waals surface area contributed by atoms with Crippen molar-refractivity contribution in [3.63, 3.8) is 0 Å². The molecule has 0 amide bonds. The normalized spacial score (nSPS) is 10.7. The summed E-state index contributed by atoms with van der Waals surface area (Å²) in [6.07, 6.45) is 3.41. The van der Waals surface area contributed by atoms with Gasteiger partial charge in [-0.1, -0.05) is 50.2 Å². The van der Waals surface area contributed by atoms with Crippen molar-refractivity contribution < 1.29 is 9.53 Å². The average Bonchev–Trinajstić information content (AvgIpc) is 2.68. The van der Waals surface area contributed by atoms with Crippen LogP contribution in [0.4, 0.5) is 11.4 Å². The van der Waals surface area contributed by atoms with Crippen molar-refractivity contribution in [1.82, 2.24) is 4.98 Å². The molecule has 0 atom stereocenters. The molecule has 2 aromatic carbocycles. The van der Waals surface area contributed by atoms with Gasteiger partial charge < -0.3 is 10.1 Å². The number of benzene rings is 2. The highest BCUT2D eigenvalue weighted by Crippen LogP contribution is 2.32. The minimum absolute atomic E-state index is 0.330. The van der Waals surface area contributed by atoms with Gasteiger partial charge >= 0.3 is 5.97 Å². The Morgan fingerprint density at radius 1 is 1.00 bits per heavy atom. The van der Waals surface area contributed by atoms with Crippen LogP contribution in [0.1, 0.15) is 42.3 Å². The van der Waals surface area contributed by atoms with Gasteiger partial charge in [-0.15, -0.1) is 0 Å². The molecule has 134 valence electrons. The highest BCUT2D eigenvalue weighted by Gasteiger charge is 2.18. The fourth-order valence-electron chi connectivity index (χ4n) is 3.15. The van der Waals surface area contributed by atoms with Crippen molar-refractivity contribution >= 4 is 28.2 Å². The number of nitrogens with one attached hydrogen (secondary N) is 1. The van der Waals surface area contributed by atoms with Crippen LogP contribution in [-0.4, -0.2) is 17.6 Å². The van der Waals surface area contributed by atoms with Gasteiger partial charge in [0.15, 0.2) is 0 Å². The zero-order valence-corrected chi connectivity index (χ0v) is 15.5. The van der Waals surface area contributed by atoms with Crippen LogP contribution < -0.4 is 5.32 Å². The standard InChI is InChI=1S/C22H24N2O2/c1-4-15-10-7-8-13-19(15)24-21-17-12-9-11-16(5-2)20(17)23-14-18(21)22(25)26-6-3/h7-14H,4-6H2,1-3H3,(H,23,24). The molecule has 0 spiro atoms. The molecule has 0 aliphatic carbocycles. The van der Waals surface area contributed by atoms with Gasteiger partial charge in [0.2, 0.25) is 0 Å². The summed E-state index contributed by atoms with van der Waals surface area (Å²) in [6, 6.07) is 14.2. The molecule has 3 aromatic rings. The molecular weight excluding hydrogens is 324 g/mol. The first-order chi connectivity index (χ1) is 12.7. The molecule has 1 heterocycles. The Hall–Kier alpha value is -2.88. The number of carbonyl (C=O) groups excluding carboxylic acids is 1. The third kappa shape index (κ3) is 3.40. The van der Waals surface area contributed by atoms with E-state index in [1.807, 2.05) is 30.3 Å². The molecule has 0 radical (unpaired) electrons. The molecule has 0 saturated carbocycles. The number of rotatable bonds is 6. The van der Waals surface area contributed by atoms with Crippen LogP contribution in [0.2, 0.25) is 0 Å². The van der Waals surface area contributed by atoms with Crippen LogP contribution in [0.15, 0.2) is 48.7 Å². The van der Waals surface area contributed by atoms with E-state index in [1.54, 1.807) is 13.1 Å². The lowest BCUT2D eigenvalue weighted by Gasteiger charge is -2.17. The molecule has 0 aliphatic heterocycles. The minimum atomic E-state index is -0.361. The number of esters is 1. The molecule has 0 unspecified atom stereocenters. The van der Waals surface area contributed by atoms with Crippen molar-refractivity contribution in [1.29, 1.82) is 0 Å². The van der Waals surface area contributed by atoms with Gasteiger partial charge in [-0.2, -0.15) is 0 Å². The SMILES string of the molecule is CCOC(=O)c1cnc2c(CC)cccc2c1Nc1ccccc1CC. The molecule has 3 rings (SSSR count). The number of carbonyl (C=O) groups is 1. The van der Waals surface area contributed by atoms with E-state index >= 15 is 0 Å². The number of fused-ring (bicyclic) bond motifs is 1. The van der Waals surface area contributed by atoms with Gasteiger partial charge in [-0.3, -0.25) is 4.98 Å². The molecule has 0 bridgehead atoms. The van der Waals surface area contributed by atoms with Gasteiger partial charge in [-0.05, 0) is 37.0 Å². The van der Waals surface area contributed by atoms with Gasteiger partial charge in [-0.25, -0.2) is 4.79 Å². The first-order valence-corrected chi connectivity index (χ1v) is 9.12. The molecule has 4 heteroatoms. The molecule has 4 nitrogen and oxygen atoms in total. The number of hydrogen-bond donors (Lipinski definition) is 1. The minimum Gasteiger partial charge on any atom is -0.462 e. The van der Waals surface area contributed by atoms with E-state index in [9.17, 15) is 4.79 Å². The Labute approximate surface area is 154 Å². The van der Waals surface area contributed by atoms with Crippen molar-refractivity contribution in [2.45, 2.75) is 33.6 Å². The van der Waals surface area contributed by atoms with E-state index in [2.05, 4.69) is 36.3 Å². The Kier molecular flexibility index (Phi) is 5.52. The molecule has 1 N–H and O–H groups in total. The fourth-order valence-corrected chi connectivity index (χ4v) is 3.15. The second kappa shape index (κ2) is 8.00. The summed E-state index contributed by atoms with van der Waals surface area (Å²) in [4.78, 5) is 17.1. The highest BCUT2D eigenvalue weighted by atomic mass is 16.5. The number of aromatic nitrogens is 1. The van der Waals surface area contributed by atoms with Crippen LogP contribution in [0.5, 0.6) is 0 Å². The first-order valence-electron chi connectivity index (χ1n) is 9.12. The van der Waals surface area contributed by atoms with Gasteiger partial charge in [0.05, 0.1) is 17.8 Å². The number of pyridine rings is 1. The number of aryl methyl sites for hydroxylation is 2. The Bertz CT molecular complexity index is 935. The maximum Gasteiger partial charge on any atom is 0.341 e. The summed E-state index contributed by atoms with van der Waals surface area (Å²) in [7, 11) is 0. The van der Waals surface area contributed by atoms with E-state index in [1.165, 1.54) is 5.56 Å². The molecule has 26 heavy (non-hydrogen) atoms. The second-order valence-electron chi connectivity index (χ2n) is 6.07. The highest BCUT2D eigenvalue weighted by molar-refractivity contribution is 6.06. The monoisotopic (exact) mass is 348 g/mol. The van der Waals surface area contributed by atoms with Gasteiger partial charge in [0, 0.05) is 17.3 Å². The zero-order chi connectivity index (χ0) is 18.5. The first kappa shape index (κ1) is 17.9. The van der Waals surface area contributed by atoms with E-state index in [0.717, 1.165) is 40.7 Å². The van der Waals surface area contributed by atoms with Crippen LogP contribution in [-0.2, 0) is 17.6 Å². The van der Waals surface area contributed by atoms with E-state index in [-0.39, 0.29) is 5.97 Å². The molecule has 0 saturated heterocycles. The maximum absolute atomic E-state index is 12.5. The second-order valence-corrected chi connectivity index (χ2v) is 6.07. The predicted octanol–water partition coefficient (Wildman–Crippen LogP) is 5.28. The number of anilines is 2. The lowest BCUT2D eigenvalue weighted by molar-refractivity contribution is 0.0527. The smallest absolute Gasteiger partial charge is 0.341 e. The van der Waals surface area contributed by atoms with Crippen molar-refractivity contribution in [2.24, 2.45) is 0 Å². The number of ether oxygens (including phenoxy) is 1. The lowest BCUT2D eigenvalue weighted by Crippen LogP contribution is -2.10. The van der Waals surface area contributed by atoms with Crippen molar-refractivity contribution in [2.75, 3.05) is 11.9 Å². The number of hydrogen-bond acceptors (Lipinski definition) is 4. The van der Waals surface area contributed by atoms with Gasteiger partial charge in [0.1, 0.15) is 5.56 Å². The quantitative estimate of drug-likeness (QED) is 0.616.